The molecule has 0 heterocycles. The summed E-state index contributed by atoms with van der Waals surface area (Å²) in [6.07, 6.45) is 19.9. The molecule has 0 saturated carbocycles. The normalized spacial score (nSPS) is 12.2. The number of hydrogen-bond acceptors (Lipinski definition) is 3. The van der Waals surface area contributed by atoms with E-state index in [9.17, 15) is 14.4 Å². The smallest absolute Gasteiger partial charge is 0.326 e. The summed E-state index contributed by atoms with van der Waals surface area (Å²) in [7, 11) is 0. The van der Waals surface area contributed by atoms with Crippen LogP contribution in [0.25, 0.3) is 0 Å². The van der Waals surface area contributed by atoms with E-state index in [4.69, 9.17) is 10.2 Å². The Morgan fingerprint density at radius 3 is 1.79 bits per heavy atom. The molecule has 0 aromatic heterocycles. The number of allylic oxidation sites excluding steroid dienone is 2. The van der Waals surface area contributed by atoms with Crippen LogP contribution in [0.1, 0.15) is 110 Å². The van der Waals surface area contributed by atoms with Crippen molar-refractivity contribution < 1.29 is 24.6 Å². The zero-order valence-electron chi connectivity index (χ0n) is 18.2. The Labute approximate surface area is 176 Å². The lowest BCUT2D eigenvalue weighted by molar-refractivity contribution is -0.143. The van der Waals surface area contributed by atoms with Gasteiger partial charge in [-0.3, -0.25) is 9.59 Å². The fourth-order valence-corrected chi connectivity index (χ4v) is 3.15. The number of carbonyl (C=O) groups is 3. The van der Waals surface area contributed by atoms with Crippen molar-refractivity contribution in [2.24, 2.45) is 0 Å². The molecule has 1 unspecified atom stereocenters. The van der Waals surface area contributed by atoms with Crippen molar-refractivity contribution in [3.05, 3.63) is 12.2 Å². The molecule has 0 aromatic carbocycles. The second-order valence-corrected chi connectivity index (χ2v) is 7.73. The van der Waals surface area contributed by atoms with Crippen molar-refractivity contribution in [3.63, 3.8) is 0 Å². The molecule has 0 aromatic rings. The van der Waals surface area contributed by atoms with Gasteiger partial charge in [0.15, 0.2) is 0 Å². The Morgan fingerprint density at radius 1 is 0.759 bits per heavy atom. The highest BCUT2D eigenvalue weighted by Crippen LogP contribution is 2.10. The molecule has 0 aliphatic heterocycles. The molecule has 0 fully saturated rings. The van der Waals surface area contributed by atoms with Crippen molar-refractivity contribution in [1.82, 2.24) is 5.32 Å². The summed E-state index contributed by atoms with van der Waals surface area (Å²) in [5, 5.41) is 20.1. The third-order valence-electron chi connectivity index (χ3n) is 4.95. The third-order valence-corrected chi connectivity index (χ3v) is 4.95. The molecule has 0 aliphatic carbocycles. The van der Waals surface area contributed by atoms with Crippen LogP contribution in [0.4, 0.5) is 0 Å². The minimum atomic E-state index is -1.19. The maximum atomic E-state index is 11.8. The summed E-state index contributed by atoms with van der Waals surface area (Å²) < 4.78 is 0. The summed E-state index contributed by atoms with van der Waals surface area (Å²) in [6.45, 7) is 2.24. The van der Waals surface area contributed by atoms with Gasteiger partial charge in [-0.1, -0.05) is 70.4 Å². The van der Waals surface area contributed by atoms with E-state index in [-0.39, 0.29) is 25.2 Å². The average Bonchev–Trinajstić information content (AvgIpc) is 2.67. The van der Waals surface area contributed by atoms with E-state index in [1.807, 2.05) is 0 Å². The van der Waals surface area contributed by atoms with Crippen LogP contribution in [0.2, 0.25) is 0 Å². The van der Waals surface area contributed by atoms with Gasteiger partial charge in [-0.25, -0.2) is 4.79 Å². The van der Waals surface area contributed by atoms with Crippen LogP contribution >= 0.6 is 0 Å². The van der Waals surface area contributed by atoms with Crippen LogP contribution in [0.5, 0.6) is 0 Å². The summed E-state index contributed by atoms with van der Waals surface area (Å²) in [6, 6.07) is -1.12. The highest BCUT2D eigenvalue weighted by Gasteiger charge is 2.20. The summed E-state index contributed by atoms with van der Waals surface area (Å²) >= 11 is 0. The fourth-order valence-electron chi connectivity index (χ4n) is 3.15. The lowest BCUT2D eigenvalue weighted by Crippen LogP contribution is -2.41. The molecule has 1 atom stereocenters. The van der Waals surface area contributed by atoms with Gasteiger partial charge in [0.25, 0.3) is 0 Å². The largest absolute Gasteiger partial charge is 0.481 e. The molecular weight excluding hydrogens is 370 g/mol. The van der Waals surface area contributed by atoms with Crippen LogP contribution in [0, 0.1) is 0 Å². The molecular formula is C23H41NO5. The zero-order valence-corrected chi connectivity index (χ0v) is 18.2. The first-order valence-electron chi connectivity index (χ1n) is 11.4. The Hall–Kier alpha value is -1.85. The first-order valence-corrected chi connectivity index (χ1v) is 11.4. The monoisotopic (exact) mass is 411 g/mol. The number of unbranched alkanes of at least 4 members (excludes halogenated alkanes) is 11. The maximum absolute atomic E-state index is 11.8. The highest BCUT2D eigenvalue weighted by atomic mass is 16.4. The van der Waals surface area contributed by atoms with Gasteiger partial charge in [0.05, 0.1) is 0 Å². The van der Waals surface area contributed by atoms with E-state index in [1.165, 1.54) is 44.9 Å². The number of carboxylic acids is 2. The van der Waals surface area contributed by atoms with Gasteiger partial charge in [0.2, 0.25) is 5.91 Å². The molecule has 6 nitrogen and oxygen atoms in total. The van der Waals surface area contributed by atoms with Crippen molar-refractivity contribution in [1.29, 1.82) is 0 Å². The summed E-state index contributed by atoms with van der Waals surface area (Å²) in [5.74, 6) is -2.58. The molecule has 0 spiro atoms. The average molecular weight is 412 g/mol. The fraction of sp³-hybridized carbons (Fsp3) is 0.783. The molecule has 0 bridgehead atoms. The minimum absolute atomic E-state index is 0.0945. The number of aliphatic carboxylic acids is 2. The van der Waals surface area contributed by atoms with Crippen molar-refractivity contribution in [3.8, 4) is 0 Å². The number of nitrogens with one attached hydrogen (secondary N) is 1. The van der Waals surface area contributed by atoms with Crippen molar-refractivity contribution >= 4 is 17.8 Å². The van der Waals surface area contributed by atoms with Crippen LogP contribution < -0.4 is 5.32 Å². The molecule has 6 heteroatoms. The molecule has 29 heavy (non-hydrogen) atoms. The number of carbonyl (C=O) groups excluding carboxylic acids is 1. The first kappa shape index (κ1) is 27.1. The molecule has 0 rings (SSSR count). The standard InChI is InChI=1S/C23H41NO5/c1-2-3-4-5-6-7-8-9-10-11-12-13-14-15-16-17-21(25)24-20(23(28)29)18-19-22(26)27/h9-10,20H,2-8,11-19H2,1H3,(H,24,25)(H,26,27)(H,28,29)/b10-9-. The predicted octanol–water partition coefficient (Wildman–Crippen LogP) is 5.46. The van der Waals surface area contributed by atoms with Gasteiger partial charge < -0.3 is 15.5 Å². The lowest BCUT2D eigenvalue weighted by Gasteiger charge is -2.13. The Bertz CT molecular complexity index is 476. The number of carboxylic acid groups (broad SMARTS) is 2. The quantitative estimate of drug-likeness (QED) is 0.182. The van der Waals surface area contributed by atoms with Gasteiger partial charge in [-0.05, 0) is 38.5 Å². The van der Waals surface area contributed by atoms with Gasteiger partial charge in [-0.2, -0.15) is 0 Å². The second-order valence-electron chi connectivity index (χ2n) is 7.73. The van der Waals surface area contributed by atoms with Gasteiger partial charge in [0.1, 0.15) is 6.04 Å². The number of rotatable bonds is 20. The van der Waals surface area contributed by atoms with E-state index < -0.39 is 18.0 Å². The SMILES string of the molecule is CCCCCCCC/C=C\CCCCCCCC(=O)NC(CCC(=O)O)C(=O)O. The molecule has 0 radical (unpaired) electrons. The van der Waals surface area contributed by atoms with E-state index >= 15 is 0 Å². The van der Waals surface area contributed by atoms with Gasteiger partial charge >= 0.3 is 11.9 Å². The lowest BCUT2D eigenvalue weighted by atomic mass is 10.1. The molecule has 168 valence electrons. The molecule has 3 N–H and O–H groups in total. The third kappa shape index (κ3) is 19.2. The molecule has 1 amide bonds. The van der Waals surface area contributed by atoms with Crippen LogP contribution in [-0.2, 0) is 14.4 Å². The predicted molar refractivity (Wildman–Crippen MR) is 116 cm³/mol. The second kappa shape index (κ2) is 19.5. The van der Waals surface area contributed by atoms with E-state index in [0.29, 0.717) is 0 Å². The summed E-state index contributed by atoms with van der Waals surface area (Å²) in [4.78, 5) is 33.4. The Morgan fingerprint density at radius 2 is 1.28 bits per heavy atom. The van der Waals surface area contributed by atoms with Crippen LogP contribution in [0.15, 0.2) is 12.2 Å². The van der Waals surface area contributed by atoms with Crippen molar-refractivity contribution in [2.45, 2.75) is 116 Å². The van der Waals surface area contributed by atoms with Crippen molar-refractivity contribution in [2.75, 3.05) is 0 Å². The minimum Gasteiger partial charge on any atom is -0.481 e. The van der Waals surface area contributed by atoms with E-state index in [1.54, 1.807) is 0 Å². The highest BCUT2D eigenvalue weighted by molar-refractivity contribution is 5.83. The maximum Gasteiger partial charge on any atom is 0.326 e. The Kier molecular flexibility index (Phi) is 18.2. The summed E-state index contributed by atoms with van der Waals surface area (Å²) in [5.41, 5.74) is 0. The Balaban J connectivity index is 3.54. The number of hydrogen-bond donors (Lipinski definition) is 3. The van der Waals surface area contributed by atoms with Gasteiger partial charge in [-0.15, -0.1) is 0 Å². The molecule has 0 aliphatic rings. The van der Waals surface area contributed by atoms with Crippen LogP contribution in [-0.4, -0.2) is 34.1 Å². The van der Waals surface area contributed by atoms with E-state index in [2.05, 4.69) is 24.4 Å². The van der Waals surface area contributed by atoms with Gasteiger partial charge in [0, 0.05) is 12.8 Å². The van der Waals surface area contributed by atoms with Crippen LogP contribution in [0.3, 0.4) is 0 Å². The first-order chi connectivity index (χ1) is 14.0. The zero-order chi connectivity index (χ0) is 21.7. The van der Waals surface area contributed by atoms with E-state index in [0.717, 1.165) is 38.5 Å². The topological polar surface area (TPSA) is 104 Å². The molecule has 0 saturated heterocycles. The number of amides is 1.